The second-order valence-electron chi connectivity index (χ2n) is 3.40. The number of aromatic carboxylic acids is 1. The molecule has 0 fully saturated rings. The summed E-state index contributed by atoms with van der Waals surface area (Å²) in [5.74, 6) is -1.06. The molecular formula is C10H15N3O3. The molecule has 0 atom stereocenters. The smallest absolute Gasteiger partial charge is 0.339 e. The summed E-state index contributed by atoms with van der Waals surface area (Å²) in [6.45, 7) is 4.46. The van der Waals surface area contributed by atoms with E-state index in [9.17, 15) is 9.59 Å². The molecule has 0 saturated heterocycles. The van der Waals surface area contributed by atoms with Crippen LogP contribution in [0, 0.1) is 6.92 Å². The summed E-state index contributed by atoms with van der Waals surface area (Å²) >= 11 is 0. The molecule has 88 valence electrons. The lowest BCUT2D eigenvalue weighted by molar-refractivity contribution is -0.121. The molecule has 6 heteroatoms. The van der Waals surface area contributed by atoms with Crippen molar-refractivity contribution < 1.29 is 14.7 Å². The van der Waals surface area contributed by atoms with Crippen LogP contribution in [0.5, 0.6) is 0 Å². The summed E-state index contributed by atoms with van der Waals surface area (Å²) in [4.78, 5) is 21.9. The predicted molar refractivity (Wildman–Crippen MR) is 57.2 cm³/mol. The van der Waals surface area contributed by atoms with Gasteiger partial charge in [-0.3, -0.25) is 9.48 Å². The van der Waals surface area contributed by atoms with Gasteiger partial charge in [0.2, 0.25) is 5.91 Å². The minimum Gasteiger partial charge on any atom is -0.478 e. The number of nitrogens with zero attached hydrogens (tertiary/aromatic N) is 2. The number of rotatable bonds is 5. The van der Waals surface area contributed by atoms with Gasteiger partial charge in [0.05, 0.1) is 5.69 Å². The molecule has 0 aliphatic carbocycles. The van der Waals surface area contributed by atoms with Gasteiger partial charge in [-0.1, -0.05) is 0 Å². The Balaban J connectivity index is 2.58. The van der Waals surface area contributed by atoms with Gasteiger partial charge in [0.1, 0.15) is 5.56 Å². The van der Waals surface area contributed by atoms with E-state index in [1.165, 1.54) is 10.9 Å². The van der Waals surface area contributed by atoms with E-state index in [0.717, 1.165) is 0 Å². The molecule has 0 spiro atoms. The summed E-state index contributed by atoms with van der Waals surface area (Å²) in [6, 6.07) is 0. The van der Waals surface area contributed by atoms with E-state index in [0.29, 0.717) is 25.2 Å². The first kappa shape index (κ1) is 12.2. The van der Waals surface area contributed by atoms with E-state index >= 15 is 0 Å². The fraction of sp³-hybridized carbons (Fsp3) is 0.500. The second-order valence-corrected chi connectivity index (χ2v) is 3.40. The monoisotopic (exact) mass is 225 g/mol. The molecule has 0 unspecified atom stereocenters. The fourth-order valence-corrected chi connectivity index (χ4v) is 1.34. The Kier molecular flexibility index (Phi) is 4.04. The number of aromatic nitrogens is 2. The summed E-state index contributed by atoms with van der Waals surface area (Å²) in [7, 11) is 0. The summed E-state index contributed by atoms with van der Waals surface area (Å²) < 4.78 is 1.48. The lowest BCUT2D eigenvalue weighted by Gasteiger charge is -2.01. The average Bonchev–Trinajstić information content (AvgIpc) is 2.57. The van der Waals surface area contributed by atoms with E-state index in [1.54, 1.807) is 6.92 Å². The highest BCUT2D eigenvalue weighted by atomic mass is 16.4. The molecule has 0 radical (unpaired) electrons. The van der Waals surface area contributed by atoms with Gasteiger partial charge < -0.3 is 10.4 Å². The van der Waals surface area contributed by atoms with Gasteiger partial charge in [0.15, 0.2) is 0 Å². The molecule has 6 nitrogen and oxygen atoms in total. The van der Waals surface area contributed by atoms with Crippen LogP contribution in [0.25, 0.3) is 0 Å². The largest absolute Gasteiger partial charge is 0.478 e. The number of nitrogens with one attached hydrogen (secondary N) is 1. The molecular weight excluding hydrogens is 210 g/mol. The number of carbonyl (C=O) groups is 2. The second kappa shape index (κ2) is 5.29. The molecule has 0 bridgehead atoms. The number of hydrogen-bond acceptors (Lipinski definition) is 3. The third kappa shape index (κ3) is 3.08. The van der Waals surface area contributed by atoms with Crippen molar-refractivity contribution in [3.8, 4) is 0 Å². The molecule has 1 aromatic rings. The number of carbonyl (C=O) groups excluding carboxylic acids is 1. The van der Waals surface area contributed by atoms with Gasteiger partial charge in [-0.05, 0) is 13.8 Å². The van der Waals surface area contributed by atoms with Crippen molar-refractivity contribution in [3.63, 3.8) is 0 Å². The maximum absolute atomic E-state index is 11.2. The molecule has 1 heterocycles. The summed E-state index contributed by atoms with van der Waals surface area (Å²) in [5, 5.41) is 15.5. The molecule has 0 saturated carbocycles. The predicted octanol–water partition coefficient (Wildman–Crippen LogP) is 0.416. The van der Waals surface area contributed by atoms with E-state index in [2.05, 4.69) is 10.4 Å². The Bertz CT molecular complexity index is 398. The molecule has 16 heavy (non-hydrogen) atoms. The van der Waals surface area contributed by atoms with Gasteiger partial charge in [0, 0.05) is 25.7 Å². The minimum atomic E-state index is -0.998. The Morgan fingerprint density at radius 1 is 1.56 bits per heavy atom. The summed E-state index contributed by atoms with van der Waals surface area (Å²) in [6.07, 6.45) is 1.74. The highest BCUT2D eigenvalue weighted by Gasteiger charge is 2.11. The first-order valence-electron chi connectivity index (χ1n) is 5.08. The van der Waals surface area contributed by atoms with E-state index in [1.807, 2.05) is 6.92 Å². The number of aryl methyl sites for hydroxylation is 2. The van der Waals surface area contributed by atoms with Crippen molar-refractivity contribution in [2.45, 2.75) is 26.8 Å². The Labute approximate surface area is 93.3 Å². The first-order chi connectivity index (χ1) is 7.54. The van der Waals surface area contributed by atoms with Gasteiger partial charge in [-0.15, -0.1) is 0 Å². The highest BCUT2D eigenvalue weighted by Crippen LogP contribution is 2.05. The molecule has 2 N–H and O–H groups in total. The van der Waals surface area contributed by atoms with Crippen molar-refractivity contribution >= 4 is 11.9 Å². The number of carboxylic acid groups (broad SMARTS) is 1. The van der Waals surface area contributed by atoms with Crippen LogP contribution in [-0.2, 0) is 11.3 Å². The molecule has 0 aliphatic rings. The zero-order valence-corrected chi connectivity index (χ0v) is 9.36. The van der Waals surface area contributed by atoms with Crippen LogP contribution in [0.3, 0.4) is 0 Å². The number of amides is 1. The average molecular weight is 225 g/mol. The van der Waals surface area contributed by atoms with Crippen LogP contribution in [0.15, 0.2) is 6.20 Å². The standard InChI is InChI=1S/C10H15N3O3/c1-3-11-9(14)4-5-13-6-8(10(15)16)7(2)12-13/h6H,3-5H2,1-2H3,(H,11,14)(H,15,16). The van der Waals surface area contributed by atoms with Crippen molar-refractivity contribution in [1.82, 2.24) is 15.1 Å². The topological polar surface area (TPSA) is 84.2 Å². The fourth-order valence-electron chi connectivity index (χ4n) is 1.34. The summed E-state index contributed by atoms with van der Waals surface area (Å²) in [5.41, 5.74) is 0.638. The van der Waals surface area contributed by atoms with Crippen LogP contribution in [0.2, 0.25) is 0 Å². The first-order valence-corrected chi connectivity index (χ1v) is 5.08. The molecule has 0 aromatic carbocycles. The Morgan fingerprint density at radius 2 is 2.25 bits per heavy atom. The van der Waals surface area contributed by atoms with Crippen molar-refractivity contribution in [3.05, 3.63) is 17.5 Å². The van der Waals surface area contributed by atoms with Gasteiger partial charge in [-0.25, -0.2) is 4.79 Å². The zero-order valence-electron chi connectivity index (χ0n) is 9.36. The quantitative estimate of drug-likeness (QED) is 0.760. The van der Waals surface area contributed by atoms with E-state index in [4.69, 9.17) is 5.11 Å². The lowest BCUT2D eigenvalue weighted by Crippen LogP contribution is -2.23. The van der Waals surface area contributed by atoms with Crippen molar-refractivity contribution in [2.24, 2.45) is 0 Å². The number of hydrogen-bond donors (Lipinski definition) is 2. The van der Waals surface area contributed by atoms with Crippen LogP contribution in [0.1, 0.15) is 29.4 Å². The maximum Gasteiger partial charge on any atom is 0.339 e. The molecule has 1 aromatic heterocycles. The van der Waals surface area contributed by atoms with Crippen LogP contribution >= 0.6 is 0 Å². The van der Waals surface area contributed by atoms with E-state index in [-0.39, 0.29) is 11.5 Å². The lowest BCUT2D eigenvalue weighted by atomic mass is 10.3. The van der Waals surface area contributed by atoms with Crippen LogP contribution in [-0.4, -0.2) is 33.3 Å². The molecule has 0 aliphatic heterocycles. The maximum atomic E-state index is 11.2. The Morgan fingerprint density at radius 3 is 2.75 bits per heavy atom. The third-order valence-electron chi connectivity index (χ3n) is 2.12. The number of carboxylic acids is 1. The van der Waals surface area contributed by atoms with Gasteiger partial charge in [-0.2, -0.15) is 5.10 Å². The molecule has 1 amide bonds. The molecule has 1 rings (SSSR count). The van der Waals surface area contributed by atoms with Gasteiger partial charge in [0.25, 0.3) is 0 Å². The minimum absolute atomic E-state index is 0.0625. The SMILES string of the molecule is CCNC(=O)CCn1cc(C(=O)O)c(C)n1. The zero-order chi connectivity index (χ0) is 12.1. The van der Waals surface area contributed by atoms with Crippen molar-refractivity contribution in [1.29, 1.82) is 0 Å². The van der Waals surface area contributed by atoms with Crippen molar-refractivity contribution in [2.75, 3.05) is 6.54 Å². The van der Waals surface area contributed by atoms with Gasteiger partial charge >= 0.3 is 5.97 Å². The highest BCUT2D eigenvalue weighted by molar-refractivity contribution is 5.88. The third-order valence-corrected chi connectivity index (χ3v) is 2.12. The van der Waals surface area contributed by atoms with Crippen LogP contribution < -0.4 is 5.32 Å². The normalized spacial score (nSPS) is 10.1. The van der Waals surface area contributed by atoms with E-state index < -0.39 is 5.97 Å². The van der Waals surface area contributed by atoms with Crippen LogP contribution in [0.4, 0.5) is 0 Å². The Hall–Kier alpha value is -1.85.